The second kappa shape index (κ2) is 5.65. The van der Waals surface area contributed by atoms with Gasteiger partial charge in [-0.1, -0.05) is 0 Å². The molecule has 0 bridgehead atoms. The van der Waals surface area contributed by atoms with Gasteiger partial charge in [0.05, 0.1) is 16.0 Å². The van der Waals surface area contributed by atoms with Gasteiger partial charge in [-0.3, -0.25) is 10.1 Å². The van der Waals surface area contributed by atoms with Crippen LogP contribution in [0.5, 0.6) is 0 Å². The highest BCUT2D eigenvalue weighted by Gasteiger charge is 2.33. The molecule has 2 fully saturated rings. The van der Waals surface area contributed by atoms with Gasteiger partial charge in [-0.05, 0) is 35.2 Å². The van der Waals surface area contributed by atoms with Crippen LogP contribution in [-0.2, 0) is 4.74 Å². The summed E-state index contributed by atoms with van der Waals surface area (Å²) in [6, 6.07) is 2.05. The SMILES string of the molecule is O=[N+]([O-])c1cnc(N(C[C@H]2CCOC2)C2CC2)c(Br)c1. The van der Waals surface area contributed by atoms with Gasteiger partial charge in [0, 0.05) is 31.2 Å². The largest absolute Gasteiger partial charge is 0.381 e. The van der Waals surface area contributed by atoms with Crippen LogP contribution in [0.4, 0.5) is 11.5 Å². The Hall–Kier alpha value is -1.21. The average molecular weight is 342 g/mol. The molecule has 0 radical (unpaired) electrons. The molecule has 1 saturated carbocycles. The summed E-state index contributed by atoms with van der Waals surface area (Å²) in [4.78, 5) is 16.9. The Bertz CT molecular complexity index is 516. The molecule has 7 heteroatoms. The van der Waals surface area contributed by atoms with Gasteiger partial charge in [-0.2, -0.15) is 0 Å². The van der Waals surface area contributed by atoms with Crippen LogP contribution < -0.4 is 4.90 Å². The number of pyridine rings is 1. The lowest BCUT2D eigenvalue weighted by Crippen LogP contribution is -2.32. The lowest BCUT2D eigenvalue weighted by molar-refractivity contribution is -0.385. The topological polar surface area (TPSA) is 68.5 Å². The van der Waals surface area contributed by atoms with Crippen molar-refractivity contribution < 1.29 is 9.66 Å². The molecule has 0 aromatic carbocycles. The van der Waals surface area contributed by atoms with E-state index in [2.05, 4.69) is 25.8 Å². The minimum atomic E-state index is -0.423. The fourth-order valence-electron chi connectivity index (χ4n) is 2.53. The number of hydrogen-bond acceptors (Lipinski definition) is 5. The van der Waals surface area contributed by atoms with E-state index >= 15 is 0 Å². The number of nitrogens with zero attached hydrogens (tertiary/aromatic N) is 3. The third-order valence-corrected chi connectivity index (χ3v) is 4.34. The van der Waals surface area contributed by atoms with Gasteiger partial charge in [-0.25, -0.2) is 4.98 Å². The molecule has 1 aliphatic heterocycles. The first-order valence-electron chi connectivity index (χ1n) is 6.79. The molecular weight excluding hydrogens is 326 g/mol. The maximum Gasteiger partial charge on any atom is 0.288 e. The lowest BCUT2D eigenvalue weighted by Gasteiger charge is -2.26. The zero-order valence-corrected chi connectivity index (χ0v) is 12.6. The molecule has 1 aromatic heterocycles. The quantitative estimate of drug-likeness (QED) is 0.608. The molecular formula is C13H16BrN3O3. The number of hydrogen-bond donors (Lipinski definition) is 0. The predicted octanol–water partition coefficient (Wildman–Crippen LogP) is 2.76. The van der Waals surface area contributed by atoms with E-state index in [-0.39, 0.29) is 5.69 Å². The molecule has 0 amide bonds. The minimum Gasteiger partial charge on any atom is -0.381 e. The Morgan fingerprint density at radius 1 is 1.50 bits per heavy atom. The summed E-state index contributed by atoms with van der Waals surface area (Å²) in [7, 11) is 0. The van der Waals surface area contributed by atoms with E-state index < -0.39 is 4.92 Å². The second-order valence-corrected chi connectivity index (χ2v) is 6.22. The standard InChI is InChI=1S/C13H16BrN3O3/c14-12-5-11(17(18)19)6-15-13(12)16(10-1-2-10)7-9-3-4-20-8-9/h5-6,9-10H,1-4,7-8H2/t9-/m1/s1. The van der Waals surface area contributed by atoms with Crippen LogP contribution in [0.1, 0.15) is 19.3 Å². The van der Waals surface area contributed by atoms with E-state index in [1.807, 2.05) is 0 Å². The summed E-state index contributed by atoms with van der Waals surface area (Å²) >= 11 is 3.42. The Morgan fingerprint density at radius 3 is 2.85 bits per heavy atom. The summed E-state index contributed by atoms with van der Waals surface area (Å²) in [5, 5.41) is 10.8. The Morgan fingerprint density at radius 2 is 2.30 bits per heavy atom. The van der Waals surface area contributed by atoms with Crippen LogP contribution in [-0.4, -0.2) is 35.7 Å². The van der Waals surface area contributed by atoms with Gasteiger partial charge < -0.3 is 9.64 Å². The Balaban J connectivity index is 1.81. The third kappa shape index (κ3) is 2.93. The second-order valence-electron chi connectivity index (χ2n) is 5.37. The molecule has 108 valence electrons. The van der Waals surface area contributed by atoms with Crippen LogP contribution in [0.25, 0.3) is 0 Å². The normalized spacial score (nSPS) is 21.9. The minimum absolute atomic E-state index is 0.0144. The highest BCUT2D eigenvalue weighted by Crippen LogP contribution is 2.36. The van der Waals surface area contributed by atoms with Gasteiger partial charge in [0.2, 0.25) is 0 Å². The molecule has 0 N–H and O–H groups in total. The molecule has 1 saturated heterocycles. The highest BCUT2D eigenvalue weighted by molar-refractivity contribution is 9.10. The number of aromatic nitrogens is 1. The maximum atomic E-state index is 10.8. The van der Waals surface area contributed by atoms with Crippen molar-refractivity contribution in [3.8, 4) is 0 Å². The van der Waals surface area contributed by atoms with E-state index in [9.17, 15) is 10.1 Å². The molecule has 20 heavy (non-hydrogen) atoms. The van der Waals surface area contributed by atoms with Crippen molar-refractivity contribution in [1.82, 2.24) is 4.98 Å². The monoisotopic (exact) mass is 341 g/mol. The number of ether oxygens (including phenoxy) is 1. The third-order valence-electron chi connectivity index (χ3n) is 3.76. The molecule has 1 atom stereocenters. The number of anilines is 1. The van der Waals surface area contributed by atoms with Gasteiger partial charge in [0.15, 0.2) is 0 Å². The van der Waals surface area contributed by atoms with Crippen molar-refractivity contribution in [3.63, 3.8) is 0 Å². The number of nitro groups is 1. The smallest absolute Gasteiger partial charge is 0.288 e. The molecule has 0 unspecified atom stereocenters. The van der Waals surface area contributed by atoms with Gasteiger partial charge >= 0.3 is 0 Å². The van der Waals surface area contributed by atoms with Crippen LogP contribution in [0.2, 0.25) is 0 Å². The molecule has 0 spiro atoms. The van der Waals surface area contributed by atoms with Crippen molar-refractivity contribution in [3.05, 3.63) is 26.9 Å². The van der Waals surface area contributed by atoms with Crippen molar-refractivity contribution >= 4 is 27.4 Å². The lowest BCUT2D eigenvalue weighted by atomic mass is 10.1. The van der Waals surface area contributed by atoms with Gasteiger partial charge in [0.25, 0.3) is 5.69 Å². The number of rotatable bonds is 5. The maximum absolute atomic E-state index is 10.8. The van der Waals surface area contributed by atoms with Crippen LogP contribution >= 0.6 is 15.9 Å². The Labute approximate surface area is 125 Å². The van der Waals surface area contributed by atoms with E-state index in [1.165, 1.54) is 25.1 Å². The molecule has 2 heterocycles. The first kappa shape index (κ1) is 13.8. The first-order chi connectivity index (χ1) is 9.65. The van der Waals surface area contributed by atoms with E-state index in [0.717, 1.165) is 32.0 Å². The molecule has 3 rings (SSSR count). The van der Waals surface area contributed by atoms with Crippen molar-refractivity contribution in [1.29, 1.82) is 0 Å². The first-order valence-corrected chi connectivity index (χ1v) is 7.59. The predicted molar refractivity (Wildman–Crippen MR) is 77.9 cm³/mol. The summed E-state index contributed by atoms with van der Waals surface area (Å²) in [6.45, 7) is 2.54. The summed E-state index contributed by atoms with van der Waals surface area (Å²) in [6.07, 6.45) is 4.74. The van der Waals surface area contributed by atoms with Gasteiger partial charge in [0.1, 0.15) is 12.0 Å². The summed E-state index contributed by atoms with van der Waals surface area (Å²) in [5.74, 6) is 1.34. The zero-order valence-electron chi connectivity index (χ0n) is 11.0. The Kier molecular flexibility index (Phi) is 3.89. The molecule has 6 nitrogen and oxygen atoms in total. The van der Waals surface area contributed by atoms with E-state index in [1.54, 1.807) is 0 Å². The molecule has 2 aliphatic rings. The van der Waals surface area contributed by atoms with Crippen LogP contribution in [0.3, 0.4) is 0 Å². The van der Waals surface area contributed by atoms with Crippen molar-refractivity contribution in [2.75, 3.05) is 24.7 Å². The van der Waals surface area contributed by atoms with Crippen LogP contribution in [0.15, 0.2) is 16.7 Å². The zero-order chi connectivity index (χ0) is 14.1. The molecule has 1 aliphatic carbocycles. The summed E-state index contributed by atoms with van der Waals surface area (Å²) in [5.41, 5.74) is 0.0144. The van der Waals surface area contributed by atoms with Crippen molar-refractivity contribution in [2.45, 2.75) is 25.3 Å². The van der Waals surface area contributed by atoms with E-state index in [4.69, 9.17) is 4.74 Å². The molecule has 1 aromatic rings. The van der Waals surface area contributed by atoms with Crippen molar-refractivity contribution in [2.24, 2.45) is 5.92 Å². The average Bonchev–Trinajstić information content (AvgIpc) is 3.14. The fraction of sp³-hybridized carbons (Fsp3) is 0.615. The number of halogens is 1. The fourth-order valence-corrected chi connectivity index (χ4v) is 3.10. The highest BCUT2D eigenvalue weighted by atomic mass is 79.9. The van der Waals surface area contributed by atoms with Crippen LogP contribution in [0, 0.1) is 16.0 Å². The van der Waals surface area contributed by atoms with Gasteiger partial charge in [-0.15, -0.1) is 0 Å². The van der Waals surface area contributed by atoms with E-state index in [0.29, 0.717) is 16.4 Å². The summed E-state index contributed by atoms with van der Waals surface area (Å²) < 4.78 is 6.12.